The van der Waals surface area contributed by atoms with Gasteiger partial charge in [0.25, 0.3) is 5.91 Å². The van der Waals surface area contributed by atoms with E-state index in [1.165, 1.54) is 0 Å². The van der Waals surface area contributed by atoms with Gasteiger partial charge in [-0.3, -0.25) is 20.4 Å². The van der Waals surface area contributed by atoms with E-state index in [-0.39, 0.29) is 17.1 Å². The number of hydrogen-bond donors (Lipinski definition) is 3. The fourth-order valence-electron chi connectivity index (χ4n) is 2.83. The Morgan fingerprint density at radius 3 is 2.23 bits per heavy atom. The zero-order valence-electron chi connectivity index (χ0n) is 16.3. The third kappa shape index (κ3) is 5.22. The first-order chi connectivity index (χ1) is 14.3. The van der Waals surface area contributed by atoms with Gasteiger partial charge in [-0.25, -0.2) is 18.7 Å². The van der Waals surface area contributed by atoms with Crippen LogP contribution in [0.2, 0.25) is 0 Å². The van der Waals surface area contributed by atoms with Gasteiger partial charge in [-0.15, -0.1) is 0 Å². The number of aromatic nitrogens is 2. The smallest absolute Gasteiger partial charge is 0.317 e. The van der Waals surface area contributed by atoms with E-state index in [0.717, 1.165) is 37.0 Å². The molecule has 2 amide bonds. The molecule has 0 saturated heterocycles. The number of anilines is 1. The molecule has 0 unspecified atom stereocenters. The van der Waals surface area contributed by atoms with Gasteiger partial charge in [0, 0.05) is 18.0 Å². The van der Waals surface area contributed by atoms with Gasteiger partial charge >= 0.3 is 12.3 Å². The van der Waals surface area contributed by atoms with E-state index in [4.69, 9.17) is 0 Å². The maximum absolute atomic E-state index is 14.2. The molecule has 1 aliphatic rings. The molecule has 0 bridgehead atoms. The molecular weight excluding hydrogens is 406 g/mol. The molecule has 1 saturated carbocycles. The van der Waals surface area contributed by atoms with Crippen LogP contribution in [0.1, 0.15) is 49.0 Å². The van der Waals surface area contributed by atoms with Crippen LogP contribution in [0, 0.1) is 11.6 Å². The Labute approximate surface area is 170 Å². The van der Waals surface area contributed by atoms with Crippen molar-refractivity contribution < 1.29 is 27.2 Å². The Balaban J connectivity index is 0.00000155. The van der Waals surface area contributed by atoms with Crippen molar-refractivity contribution in [1.29, 1.82) is 0 Å². The number of nitrogens with zero attached hydrogens (tertiary/aromatic N) is 2. The van der Waals surface area contributed by atoms with Crippen molar-refractivity contribution >= 4 is 17.8 Å². The maximum atomic E-state index is 14.2. The molecular formula is C19H21F4N5O2. The van der Waals surface area contributed by atoms with Crippen LogP contribution in [-0.2, 0) is 10.3 Å². The number of carbonyl (C=O) groups is 2. The lowest BCUT2D eigenvalue weighted by Gasteiger charge is -2.43. The standard InChI is InChI=1S/C17H15F4N5O2.C2H6/c18-10-2-3-12(19)11(6-10)17(4-1-5-17)24-16-22-7-9(8-23-16)14(27)25-26-15(28)13(20)21;1-2/h2-3,6-8,13H,1,4-5H2,(H,25,27)(H,26,28)(H,22,23,24);1-2H3. The van der Waals surface area contributed by atoms with E-state index in [0.29, 0.717) is 12.8 Å². The summed E-state index contributed by atoms with van der Waals surface area (Å²) in [5, 5.41) is 2.98. The second-order valence-corrected chi connectivity index (χ2v) is 6.22. The van der Waals surface area contributed by atoms with Crippen molar-refractivity contribution in [2.75, 3.05) is 5.32 Å². The molecule has 3 rings (SSSR count). The highest BCUT2D eigenvalue weighted by molar-refractivity contribution is 5.95. The molecule has 0 radical (unpaired) electrons. The minimum absolute atomic E-state index is 0.0801. The number of hydrazine groups is 1. The molecule has 0 atom stereocenters. The molecule has 1 aromatic heterocycles. The summed E-state index contributed by atoms with van der Waals surface area (Å²) in [5.41, 5.74) is 2.56. The van der Waals surface area contributed by atoms with Crippen LogP contribution in [0.3, 0.4) is 0 Å². The summed E-state index contributed by atoms with van der Waals surface area (Å²) in [7, 11) is 0. The Kier molecular flexibility index (Phi) is 7.67. The Morgan fingerprint density at radius 2 is 1.70 bits per heavy atom. The highest BCUT2D eigenvalue weighted by atomic mass is 19.3. The van der Waals surface area contributed by atoms with E-state index >= 15 is 0 Å². The zero-order valence-corrected chi connectivity index (χ0v) is 16.3. The van der Waals surface area contributed by atoms with Gasteiger partial charge in [0.1, 0.15) is 11.6 Å². The molecule has 30 heavy (non-hydrogen) atoms. The lowest BCUT2D eigenvalue weighted by atomic mass is 9.71. The topological polar surface area (TPSA) is 96.0 Å². The fraction of sp³-hybridized carbons (Fsp3) is 0.368. The van der Waals surface area contributed by atoms with Crippen molar-refractivity contribution in [2.24, 2.45) is 0 Å². The Hall–Kier alpha value is -3.24. The first-order valence-electron chi connectivity index (χ1n) is 9.25. The van der Waals surface area contributed by atoms with Crippen LogP contribution in [0.15, 0.2) is 30.6 Å². The van der Waals surface area contributed by atoms with Gasteiger partial charge < -0.3 is 5.32 Å². The van der Waals surface area contributed by atoms with Crippen molar-refractivity contribution in [1.82, 2.24) is 20.8 Å². The lowest BCUT2D eigenvalue weighted by Crippen LogP contribution is -2.44. The molecule has 11 heteroatoms. The second-order valence-electron chi connectivity index (χ2n) is 6.22. The summed E-state index contributed by atoms with van der Waals surface area (Å²) in [6.07, 6.45) is 0.816. The number of hydrogen-bond acceptors (Lipinski definition) is 5. The summed E-state index contributed by atoms with van der Waals surface area (Å²) in [4.78, 5) is 30.4. The van der Waals surface area contributed by atoms with Crippen LogP contribution < -0.4 is 16.2 Å². The van der Waals surface area contributed by atoms with Gasteiger partial charge in [-0.2, -0.15) is 8.78 Å². The third-order valence-corrected chi connectivity index (χ3v) is 4.41. The van der Waals surface area contributed by atoms with Crippen LogP contribution in [0.5, 0.6) is 0 Å². The average molecular weight is 427 g/mol. The summed E-state index contributed by atoms with van der Waals surface area (Å²) in [6.45, 7) is 4.00. The summed E-state index contributed by atoms with van der Waals surface area (Å²) in [6, 6.07) is 3.20. The van der Waals surface area contributed by atoms with Gasteiger partial charge in [0.05, 0.1) is 11.1 Å². The normalized spacial score (nSPS) is 14.1. The number of carbonyl (C=O) groups excluding carboxylic acids is 2. The Bertz CT molecular complexity index is 889. The summed E-state index contributed by atoms with van der Waals surface area (Å²) >= 11 is 0. The quantitative estimate of drug-likeness (QED) is 0.503. The summed E-state index contributed by atoms with van der Waals surface area (Å²) in [5.74, 6) is -3.59. The second kappa shape index (κ2) is 9.99. The molecule has 0 spiro atoms. The van der Waals surface area contributed by atoms with Gasteiger partial charge in [0.15, 0.2) is 0 Å². The molecule has 1 aromatic carbocycles. The maximum Gasteiger partial charge on any atom is 0.317 e. The molecule has 3 N–H and O–H groups in total. The molecule has 7 nitrogen and oxygen atoms in total. The number of benzene rings is 1. The van der Waals surface area contributed by atoms with Gasteiger partial charge in [-0.05, 0) is 37.5 Å². The van der Waals surface area contributed by atoms with E-state index in [9.17, 15) is 27.2 Å². The van der Waals surface area contributed by atoms with E-state index in [1.807, 2.05) is 13.8 Å². The number of alkyl halides is 2. The Morgan fingerprint density at radius 1 is 1.07 bits per heavy atom. The minimum Gasteiger partial charge on any atom is -0.345 e. The average Bonchev–Trinajstić information content (AvgIpc) is 2.72. The molecule has 1 fully saturated rings. The first-order valence-corrected chi connectivity index (χ1v) is 9.25. The predicted molar refractivity (Wildman–Crippen MR) is 101 cm³/mol. The third-order valence-electron chi connectivity index (χ3n) is 4.41. The van der Waals surface area contributed by atoms with Crippen LogP contribution in [0.4, 0.5) is 23.5 Å². The molecule has 1 heterocycles. The van der Waals surface area contributed by atoms with Crippen molar-refractivity contribution in [3.05, 3.63) is 53.4 Å². The lowest BCUT2D eigenvalue weighted by molar-refractivity contribution is -0.132. The van der Waals surface area contributed by atoms with E-state index in [2.05, 4.69) is 15.3 Å². The monoisotopic (exact) mass is 427 g/mol. The number of halogens is 4. The minimum atomic E-state index is -3.27. The number of nitrogens with one attached hydrogen (secondary N) is 3. The highest BCUT2D eigenvalue weighted by Crippen LogP contribution is 2.44. The highest BCUT2D eigenvalue weighted by Gasteiger charge is 2.41. The number of amides is 2. The fourth-order valence-corrected chi connectivity index (χ4v) is 2.83. The van der Waals surface area contributed by atoms with Crippen molar-refractivity contribution in [3.63, 3.8) is 0 Å². The first kappa shape index (κ1) is 23.0. The van der Waals surface area contributed by atoms with Crippen molar-refractivity contribution in [3.8, 4) is 0 Å². The molecule has 1 aliphatic carbocycles. The zero-order chi connectivity index (χ0) is 22.3. The van der Waals surface area contributed by atoms with E-state index in [1.54, 1.807) is 10.9 Å². The molecule has 162 valence electrons. The summed E-state index contributed by atoms with van der Waals surface area (Å²) < 4.78 is 51.9. The van der Waals surface area contributed by atoms with Crippen LogP contribution >= 0.6 is 0 Å². The number of rotatable bonds is 5. The molecule has 2 aromatic rings. The van der Waals surface area contributed by atoms with E-state index < -0.39 is 35.4 Å². The largest absolute Gasteiger partial charge is 0.345 e. The van der Waals surface area contributed by atoms with Crippen molar-refractivity contribution in [2.45, 2.75) is 45.1 Å². The van der Waals surface area contributed by atoms with Crippen LogP contribution in [0.25, 0.3) is 0 Å². The van der Waals surface area contributed by atoms with Gasteiger partial charge in [0.2, 0.25) is 5.95 Å². The molecule has 0 aliphatic heterocycles. The predicted octanol–water partition coefficient (Wildman–Crippen LogP) is 3.30. The van der Waals surface area contributed by atoms with Gasteiger partial charge in [-0.1, -0.05) is 13.8 Å². The van der Waals surface area contributed by atoms with Crippen LogP contribution in [-0.4, -0.2) is 28.2 Å². The SMILES string of the molecule is CC.O=C(NNC(=O)C(F)F)c1cnc(NC2(c3cc(F)ccc3F)CCC2)nc1.